The zero-order valence-corrected chi connectivity index (χ0v) is 9.17. The summed E-state index contributed by atoms with van der Waals surface area (Å²) in [6.45, 7) is 0. The van der Waals surface area contributed by atoms with Gasteiger partial charge in [0.25, 0.3) is 0 Å². The molecule has 0 bridgehead atoms. The van der Waals surface area contributed by atoms with Crippen LogP contribution < -0.4 is 0 Å². The first kappa shape index (κ1) is 9.97. The van der Waals surface area contributed by atoms with E-state index >= 15 is 0 Å². The Kier molecular flexibility index (Phi) is 2.54. The van der Waals surface area contributed by atoms with E-state index in [2.05, 4.69) is 0 Å². The minimum absolute atomic E-state index is 0.811. The third-order valence-corrected chi connectivity index (χ3v) is 2.60. The summed E-state index contributed by atoms with van der Waals surface area (Å²) >= 11 is 0. The Hall–Kier alpha value is -2.22. The van der Waals surface area contributed by atoms with E-state index in [1.165, 1.54) is 0 Å². The molecule has 83 valence electrons. The molecule has 1 aromatic carbocycles. The summed E-state index contributed by atoms with van der Waals surface area (Å²) in [4.78, 5) is 0. The van der Waals surface area contributed by atoms with Crippen LogP contribution in [-0.4, -0.2) is 0 Å². The van der Waals surface area contributed by atoms with Crippen molar-refractivity contribution < 1.29 is 8.83 Å². The molecular weight excluding hydrogens is 212 g/mol. The summed E-state index contributed by atoms with van der Waals surface area (Å²) in [6.07, 6.45) is 3.34. The zero-order chi connectivity index (χ0) is 11.5. The van der Waals surface area contributed by atoms with Crippen molar-refractivity contribution in [3.8, 4) is 0 Å². The van der Waals surface area contributed by atoms with E-state index in [0.717, 1.165) is 23.0 Å². The number of benzene rings is 1. The molecule has 3 aromatic rings. The molecule has 0 fully saturated rings. The smallest absolute Gasteiger partial charge is 0.135 e. The van der Waals surface area contributed by atoms with Crippen molar-refractivity contribution in [2.75, 3.05) is 0 Å². The monoisotopic (exact) mass is 223 g/mol. The van der Waals surface area contributed by atoms with Crippen molar-refractivity contribution in [2.45, 2.75) is 0 Å². The molecule has 1 radical (unpaired) electrons. The maximum Gasteiger partial charge on any atom is 0.135 e. The largest absolute Gasteiger partial charge is 0.468 e. The number of rotatable bonds is 3. The third-order valence-electron chi connectivity index (χ3n) is 2.60. The lowest BCUT2D eigenvalue weighted by molar-refractivity contribution is 0.495. The molecule has 0 saturated heterocycles. The van der Waals surface area contributed by atoms with Crippen LogP contribution in [0.15, 0.2) is 76.0 Å². The Bertz CT molecular complexity index is 516. The predicted molar refractivity (Wildman–Crippen MR) is 64.4 cm³/mol. The third kappa shape index (κ3) is 1.89. The van der Waals surface area contributed by atoms with Gasteiger partial charge in [0, 0.05) is 0 Å². The SMILES string of the molecule is c1ccc([C](c2ccco2)c2ccco2)cc1. The van der Waals surface area contributed by atoms with Crippen LogP contribution in [0.4, 0.5) is 0 Å². The lowest BCUT2D eigenvalue weighted by Gasteiger charge is -2.11. The first-order valence-corrected chi connectivity index (χ1v) is 5.45. The van der Waals surface area contributed by atoms with E-state index in [4.69, 9.17) is 8.83 Å². The van der Waals surface area contributed by atoms with E-state index in [1.807, 2.05) is 54.6 Å². The van der Waals surface area contributed by atoms with Crippen LogP contribution in [-0.2, 0) is 0 Å². The Morgan fingerprint density at radius 3 is 1.71 bits per heavy atom. The molecule has 0 aliphatic rings. The molecule has 0 unspecified atom stereocenters. The quantitative estimate of drug-likeness (QED) is 0.673. The standard InChI is InChI=1S/C15H11O2/c1-2-6-12(7-3-1)15(13-8-4-10-16-13)14-9-5-11-17-14/h1-11H. The van der Waals surface area contributed by atoms with Gasteiger partial charge < -0.3 is 8.83 Å². The maximum absolute atomic E-state index is 5.48. The van der Waals surface area contributed by atoms with Crippen LogP contribution in [0.2, 0.25) is 0 Å². The van der Waals surface area contributed by atoms with E-state index in [9.17, 15) is 0 Å². The van der Waals surface area contributed by atoms with Crippen LogP contribution in [0, 0.1) is 5.92 Å². The fraction of sp³-hybridized carbons (Fsp3) is 0. The van der Waals surface area contributed by atoms with Crippen LogP contribution in [0.3, 0.4) is 0 Å². The van der Waals surface area contributed by atoms with Crippen molar-refractivity contribution in [2.24, 2.45) is 0 Å². The Morgan fingerprint density at radius 2 is 1.24 bits per heavy atom. The first-order chi connectivity index (χ1) is 8.45. The molecule has 0 saturated carbocycles. The fourth-order valence-corrected chi connectivity index (χ4v) is 1.85. The maximum atomic E-state index is 5.48. The van der Waals surface area contributed by atoms with Crippen LogP contribution >= 0.6 is 0 Å². The van der Waals surface area contributed by atoms with E-state index in [0.29, 0.717) is 0 Å². The van der Waals surface area contributed by atoms with Crippen molar-refractivity contribution >= 4 is 0 Å². The van der Waals surface area contributed by atoms with Gasteiger partial charge in [0.15, 0.2) is 0 Å². The van der Waals surface area contributed by atoms with Gasteiger partial charge in [0.05, 0.1) is 12.5 Å². The summed E-state index contributed by atoms with van der Waals surface area (Å²) in [5.74, 6) is 2.60. The molecular formula is C15H11O2. The summed E-state index contributed by atoms with van der Waals surface area (Å²) in [5, 5.41) is 0. The minimum Gasteiger partial charge on any atom is -0.468 e. The highest BCUT2D eigenvalue weighted by Gasteiger charge is 2.22. The van der Waals surface area contributed by atoms with Gasteiger partial charge in [-0.15, -0.1) is 0 Å². The molecule has 3 rings (SSSR count). The van der Waals surface area contributed by atoms with Crippen LogP contribution in [0.5, 0.6) is 0 Å². The summed E-state index contributed by atoms with van der Waals surface area (Å²) in [6, 6.07) is 17.7. The highest BCUT2D eigenvalue weighted by molar-refractivity contribution is 5.50. The topological polar surface area (TPSA) is 26.3 Å². The molecule has 2 aromatic heterocycles. The molecule has 0 spiro atoms. The first-order valence-electron chi connectivity index (χ1n) is 5.45. The lowest BCUT2D eigenvalue weighted by Crippen LogP contribution is -2.01. The second-order valence-corrected chi connectivity index (χ2v) is 3.70. The van der Waals surface area contributed by atoms with E-state index in [-0.39, 0.29) is 0 Å². The van der Waals surface area contributed by atoms with Gasteiger partial charge in [-0.3, -0.25) is 0 Å². The van der Waals surface area contributed by atoms with Crippen molar-refractivity contribution in [3.05, 3.63) is 90.1 Å². The molecule has 0 amide bonds. The number of furan rings is 2. The molecule has 17 heavy (non-hydrogen) atoms. The molecule has 2 heteroatoms. The highest BCUT2D eigenvalue weighted by Crippen LogP contribution is 2.31. The average Bonchev–Trinajstić information content (AvgIpc) is 3.04. The van der Waals surface area contributed by atoms with Crippen LogP contribution in [0.1, 0.15) is 17.1 Å². The Morgan fingerprint density at radius 1 is 0.647 bits per heavy atom. The number of hydrogen-bond acceptors (Lipinski definition) is 2. The van der Waals surface area contributed by atoms with Crippen molar-refractivity contribution in [1.29, 1.82) is 0 Å². The molecule has 0 atom stereocenters. The van der Waals surface area contributed by atoms with Gasteiger partial charge in [-0.25, -0.2) is 0 Å². The Labute approximate surface area is 99.5 Å². The molecule has 2 heterocycles. The predicted octanol–water partition coefficient (Wildman–Crippen LogP) is 3.89. The van der Waals surface area contributed by atoms with Gasteiger partial charge in [0.1, 0.15) is 17.4 Å². The summed E-state index contributed by atoms with van der Waals surface area (Å²) in [5.41, 5.74) is 1.08. The van der Waals surface area contributed by atoms with Crippen molar-refractivity contribution in [1.82, 2.24) is 0 Å². The van der Waals surface area contributed by atoms with E-state index < -0.39 is 0 Å². The highest BCUT2D eigenvalue weighted by atomic mass is 16.3. The second-order valence-electron chi connectivity index (χ2n) is 3.70. The Balaban J connectivity index is 2.10. The summed E-state index contributed by atoms with van der Waals surface area (Å²) < 4.78 is 11.0. The normalized spacial score (nSPS) is 10.9. The molecule has 0 N–H and O–H groups in total. The fourth-order valence-electron chi connectivity index (χ4n) is 1.85. The average molecular weight is 223 g/mol. The van der Waals surface area contributed by atoms with Gasteiger partial charge in [-0.2, -0.15) is 0 Å². The lowest BCUT2D eigenvalue weighted by atomic mass is 9.94. The number of hydrogen-bond donors (Lipinski definition) is 0. The molecule has 0 aliphatic carbocycles. The van der Waals surface area contributed by atoms with Gasteiger partial charge >= 0.3 is 0 Å². The minimum atomic E-state index is 0.811. The van der Waals surface area contributed by atoms with Crippen molar-refractivity contribution in [3.63, 3.8) is 0 Å². The van der Waals surface area contributed by atoms with Gasteiger partial charge in [-0.05, 0) is 29.8 Å². The second kappa shape index (κ2) is 4.34. The molecule has 0 aliphatic heterocycles. The van der Waals surface area contributed by atoms with Crippen LogP contribution in [0.25, 0.3) is 0 Å². The zero-order valence-electron chi connectivity index (χ0n) is 9.17. The van der Waals surface area contributed by atoms with E-state index in [1.54, 1.807) is 12.5 Å². The van der Waals surface area contributed by atoms with Gasteiger partial charge in [-0.1, -0.05) is 30.3 Å². The summed E-state index contributed by atoms with van der Waals surface area (Å²) in [7, 11) is 0. The van der Waals surface area contributed by atoms with Gasteiger partial charge in [0.2, 0.25) is 0 Å². The molecule has 2 nitrogen and oxygen atoms in total.